The van der Waals surface area contributed by atoms with Crippen molar-refractivity contribution in [3.05, 3.63) is 29.8 Å². The molecule has 6 heteroatoms. The first-order valence-electron chi connectivity index (χ1n) is 7.60. The highest BCUT2D eigenvalue weighted by Gasteiger charge is 2.49. The first kappa shape index (κ1) is 15.3. The van der Waals surface area contributed by atoms with Crippen molar-refractivity contribution in [3.63, 3.8) is 0 Å². The lowest BCUT2D eigenvalue weighted by atomic mass is 10.0. The van der Waals surface area contributed by atoms with Gasteiger partial charge in [0.25, 0.3) is 5.91 Å². The van der Waals surface area contributed by atoms with Crippen molar-refractivity contribution in [1.29, 1.82) is 0 Å². The summed E-state index contributed by atoms with van der Waals surface area (Å²) < 4.78 is 28.9. The van der Waals surface area contributed by atoms with E-state index in [1.807, 2.05) is 24.3 Å². The number of rotatable bonds is 4. The molecule has 2 saturated heterocycles. The maximum absolute atomic E-state index is 12.2. The Hall–Kier alpha value is -1.56. The van der Waals surface area contributed by atoms with Gasteiger partial charge >= 0.3 is 0 Å². The van der Waals surface area contributed by atoms with Crippen LogP contribution in [0.1, 0.15) is 31.7 Å². The molecule has 5 nitrogen and oxygen atoms in total. The van der Waals surface area contributed by atoms with Gasteiger partial charge in [0, 0.05) is 12.6 Å². The van der Waals surface area contributed by atoms with E-state index in [1.54, 1.807) is 4.90 Å². The van der Waals surface area contributed by atoms with Crippen molar-refractivity contribution in [2.75, 3.05) is 18.9 Å². The van der Waals surface area contributed by atoms with Crippen LogP contribution in [-0.2, 0) is 14.6 Å². The Morgan fingerprint density at radius 1 is 1.32 bits per heavy atom. The number of sulfone groups is 1. The number of carbonyl (C=O) groups is 1. The quantitative estimate of drug-likeness (QED) is 0.844. The van der Waals surface area contributed by atoms with Crippen molar-refractivity contribution in [3.8, 4) is 5.75 Å². The average molecular weight is 323 g/mol. The molecule has 1 amide bonds. The lowest BCUT2D eigenvalue weighted by Crippen LogP contribution is -2.45. The highest BCUT2D eigenvalue weighted by Crippen LogP contribution is 2.32. The lowest BCUT2D eigenvalue weighted by molar-refractivity contribution is -0.133. The normalized spacial score (nSPS) is 25.7. The minimum atomic E-state index is -2.97. The Labute approximate surface area is 131 Å². The van der Waals surface area contributed by atoms with Crippen LogP contribution in [0, 0.1) is 0 Å². The Kier molecular flexibility index (Phi) is 3.89. The Balaban J connectivity index is 1.55. The van der Waals surface area contributed by atoms with Crippen molar-refractivity contribution < 1.29 is 17.9 Å². The van der Waals surface area contributed by atoms with Gasteiger partial charge in [0.2, 0.25) is 0 Å². The smallest absolute Gasteiger partial charge is 0.260 e. The third-order valence-electron chi connectivity index (χ3n) is 4.54. The molecule has 1 aromatic rings. The van der Waals surface area contributed by atoms with Gasteiger partial charge in [-0.25, -0.2) is 8.42 Å². The number of likely N-dealkylation sites (tertiary alicyclic amines) is 1. The van der Waals surface area contributed by atoms with Crippen molar-refractivity contribution in [2.45, 2.75) is 37.5 Å². The molecule has 1 aromatic carbocycles. The van der Waals surface area contributed by atoms with Gasteiger partial charge in [-0.2, -0.15) is 0 Å². The Morgan fingerprint density at radius 3 is 2.50 bits per heavy atom. The highest BCUT2D eigenvalue weighted by molar-refractivity contribution is 7.92. The lowest BCUT2D eigenvalue weighted by Gasteiger charge is -2.26. The molecular weight excluding hydrogens is 302 g/mol. The molecule has 2 bridgehead atoms. The fourth-order valence-corrected chi connectivity index (χ4v) is 5.21. The van der Waals surface area contributed by atoms with Crippen LogP contribution in [0.15, 0.2) is 24.3 Å². The fraction of sp³-hybridized carbons (Fsp3) is 0.562. The SMILES string of the molecule is CC(C)c1ccc(OCC(=O)N2CC3CC2CS3(=O)=O)cc1. The number of amides is 1. The van der Waals surface area contributed by atoms with Gasteiger partial charge in [-0.1, -0.05) is 26.0 Å². The van der Waals surface area contributed by atoms with E-state index in [4.69, 9.17) is 4.74 Å². The molecule has 0 spiro atoms. The molecule has 2 atom stereocenters. The zero-order valence-corrected chi connectivity index (χ0v) is 13.7. The summed E-state index contributed by atoms with van der Waals surface area (Å²) in [5, 5.41) is -0.369. The van der Waals surface area contributed by atoms with Crippen LogP contribution >= 0.6 is 0 Å². The summed E-state index contributed by atoms with van der Waals surface area (Å²) in [6.45, 7) is 4.53. The Morgan fingerprint density at radius 2 is 2.00 bits per heavy atom. The second-order valence-corrected chi connectivity index (χ2v) is 8.73. The summed E-state index contributed by atoms with van der Waals surface area (Å²) in [5.41, 5.74) is 1.22. The predicted molar refractivity (Wildman–Crippen MR) is 83.7 cm³/mol. The summed E-state index contributed by atoms with van der Waals surface area (Å²) in [5.74, 6) is 1.09. The molecular formula is C16H21NO4S. The van der Waals surface area contributed by atoms with Gasteiger partial charge in [-0.3, -0.25) is 4.79 Å². The van der Waals surface area contributed by atoms with Crippen molar-refractivity contribution in [1.82, 2.24) is 4.90 Å². The molecule has 2 fully saturated rings. The first-order chi connectivity index (χ1) is 10.4. The van der Waals surface area contributed by atoms with Gasteiger partial charge in [0.05, 0.1) is 11.0 Å². The van der Waals surface area contributed by atoms with Crippen molar-refractivity contribution in [2.24, 2.45) is 0 Å². The molecule has 0 saturated carbocycles. The molecule has 120 valence electrons. The molecule has 0 aliphatic carbocycles. The molecule has 2 heterocycles. The van der Waals surface area contributed by atoms with E-state index < -0.39 is 9.84 Å². The zero-order chi connectivity index (χ0) is 15.9. The minimum Gasteiger partial charge on any atom is -0.484 e. The molecule has 2 aliphatic heterocycles. The van der Waals surface area contributed by atoms with E-state index in [9.17, 15) is 13.2 Å². The van der Waals surface area contributed by atoms with E-state index in [1.165, 1.54) is 5.56 Å². The van der Waals surface area contributed by atoms with Gasteiger partial charge in [-0.05, 0) is 30.0 Å². The van der Waals surface area contributed by atoms with Gasteiger partial charge in [-0.15, -0.1) is 0 Å². The highest BCUT2D eigenvalue weighted by atomic mass is 32.2. The molecule has 0 radical (unpaired) electrons. The van der Waals surface area contributed by atoms with Gasteiger partial charge in [0.15, 0.2) is 16.4 Å². The minimum absolute atomic E-state index is 0.0374. The van der Waals surface area contributed by atoms with Gasteiger partial charge in [0.1, 0.15) is 5.75 Å². The van der Waals surface area contributed by atoms with Gasteiger partial charge < -0.3 is 9.64 Å². The third-order valence-corrected chi connectivity index (χ3v) is 6.74. The average Bonchev–Trinajstić information content (AvgIpc) is 3.01. The van der Waals surface area contributed by atoms with Crippen LogP contribution < -0.4 is 4.74 Å². The summed E-state index contributed by atoms with van der Waals surface area (Å²) in [7, 11) is -2.97. The van der Waals surface area contributed by atoms with E-state index in [0.717, 1.165) is 0 Å². The van der Waals surface area contributed by atoms with E-state index in [0.29, 0.717) is 24.6 Å². The van der Waals surface area contributed by atoms with Crippen LogP contribution in [0.3, 0.4) is 0 Å². The number of hydrogen-bond acceptors (Lipinski definition) is 4. The molecule has 3 rings (SSSR count). The largest absolute Gasteiger partial charge is 0.484 e. The van der Waals surface area contributed by atoms with Crippen LogP contribution in [0.25, 0.3) is 0 Å². The zero-order valence-electron chi connectivity index (χ0n) is 12.9. The molecule has 22 heavy (non-hydrogen) atoms. The summed E-state index contributed by atoms with van der Waals surface area (Å²) in [6, 6.07) is 7.56. The maximum Gasteiger partial charge on any atom is 0.260 e. The standard InChI is InChI=1S/C16H21NO4S/c1-11(2)12-3-5-14(6-4-12)21-9-16(18)17-8-15-7-13(17)10-22(15,19)20/h3-6,11,13,15H,7-10H2,1-2H3. The number of hydrogen-bond donors (Lipinski definition) is 0. The first-order valence-corrected chi connectivity index (χ1v) is 9.32. The molecule has 0 aromatic heterocycles. The number of carbonyl (C=O) groups excluding carboxylic acids is 1. The summed E-state index contributed by atoms with van der Waals surface area (Å²) >= 11 is 0. The fourth-order valence-electron chi connectivity index (χ4n) is 3.18. The van der Waals surface area contributed by atoms with Crippen molar-refractivity contribution >= 4 is 15.7 Å². The summed E-state index contributed by atoms with van der Waals surface area (Å²) in [4.78, 5) is 13.9. The number of nitrogens with zero attached hydrogens (tertiary/aromatic N) is 1. The second-order valence-electron chi connectivity index (χ2n) is 6.40. The number of ether oxygens (including phenoxy) is 1. The van der Waals surface area contributed by atoms with Crippen LogP contribution in [-0.4, -0.2) is 49.4 Å². The maximum atomic E-state index is 12.2. The van der Waals surface area contributed by atoms with Crippen LogP contribution in [0.4, 0.5) is 0 Å². The molecule has 2 aliphatic rings. The van der Waals surface area contributed by atoms with Crippen LogP contribution in [0.5, 0.6) is 5.75 Å². The van der Waals surface area contributed by atoms with Crippen LogP contribution in [0.2, 0.25) is 0 Å². The topological polar surface area (TPSA) is 63.7 Å². The third kappa shape index (κ3) is 2.84. The second kappa shape index (κ2) is 5.57. The van der Waals surface area contributed by atoms with E-state index in [-0.39, 0.29) is 29.6 Å². The Bertz CT molecular complexity index is 666. The number of fused-ring (bicyclic) bond motifs is 2. The molecule has 2 unspecified atom stereocenters. The monoisotopic (exact) mass is 323 g/mol. The predicted octanol–water partition coefficient (Wildman–Crippen LogP) is 1.59. The molecule has 0 N–H and O–H groups in total. The number of benzene rings is 1. The summed E-state index contributed by atoms with van der Waals surface area (Å²) in [6.07, 6.45) is 0.581. The van der Waals surface area contributed by atoms with E-state index >= 15 is 0 Å². The van der Waals surface area contributed by atoms with E-state index in [2.05, 4.69) is 13.8 Å².